The third-order valence-electron chi connectivity index (χ3n) is 8.51. The van der Waals surface area contributed by atoms with Gasteiger partial charge >= 0.3 is 0 Å². The molecular weight excluding hydrogens is 587 g/mol. The Balaban J connectivity index is 1.55. The number of benzene rings is 2. The fourth-order valence-electron chi connectivity index (χ4n) is 6.04. The summed E-state index contributed by atoms with van der Waals surface area (Å²) in [5.41, 5.74) is -2.24. The van der Waals surface area contributed by atoms with E-state index in [1.54, 1.807) is 55.3 Å². The molecule has 2 N–H and O–H groups in total. The summed E-state index contributed by atoms with van der Waals surface area (Å²) in [6, 6.07) is 11.3. The van der Waals surface area contributed by atoms with Crippen LogP contribution >= 0.6 is 11.6 Å². The molecule has 2 aromatic heterocycles. The number of rotatable bonds is 9. The summed E-state index contributed by atoms with van der Waals surface area (Å²) < 4.78 is 25.1. The Morgan fingerprint density at radius 3 is 2.50 bits per heavy atom. The van der Waals surface area contributed by atoms with Gasteiger partial charge in [-0.05, 0) is 55.0 Å². The number of ether oxygens (including phenoxy) is 1. The molecule has 3 heterocycles. The number of fused-ring (bicyclic) bond motifs is 1. The predicted molar refractivity (Wildman–Crippen MR) is 156 cm³/mol. The van der Waals surface area contributed by atoms with Gasteiger partial charge in [0.05, 0.1) is 48.0 Å². The maximum absolute atomic E-state index is 16.7. The fraction of sp³-hybridized carbons (Fsp3) is 0.344. The van der Waals surface area contributed by atoms with Crippen LogP contribution < -0.4 is 0 Å². The Bertz CT molecular complexity index is 1750. The fourth-order valence-corrected chi connectivity index (χ4v) is 6.17. The average Bonchev–Trinajstić information content (AvgIpc) is 3.55. The molecule has 1 unspecified atom stereocenters. The van der Waals surface area contributed by atoms with Gasteiger partial charge in [-0.2, -0.15) is 5.26 Å². The van der Waals surface area contributed by atoms with Gasteiger partial charge in [0.25, 0.3) is 5.91 Å². The lowest BCUT2D eigenvalue weighted by molar-refractivity contribution is -0.139. The number of hydrogen-bond donors (Lipinski definition) is 2. The molecule has 0 bridgehead atoms. The predicted octanol–water partition coefficient (Wildman–Crippen LogP) is 4.16. The minimum absolute atomic E-state index is 0.00184. The third-order valence-corrected chi connectivity index (χ3v) is 8.76. The number of carbonyl (C=O) groups is 1. The summed E-state index contributed by atoms with van der Waals surface area (Å²) in [6.45, 7) is 1.71. The van der Waals surface area contributed by atoms with E-state index >= 15 is 4.39 Å². The maximum Gasteiger partial charge on any atom is 0.257 e. The van der Waals surface area contributed by atoms with Crippen LogP contribution in [-0.2, 0) is 29.7 Å². The van der Waals surface area contributed by atoms with E-state index in [1.807, 2.05) is 6.07 Å². The summed E-state index contributed by atoms with van der Waals surface area (Å²) in [4.78, 5) is 28.6. The Morgan fingerprint density at radius 2 is 1.91 bits per heavy atom. The number of hydrogen-bond acceptors (Lipinski definition) is 8. The topological polar surface area (TPSA) is 137 Å². The molecule has 2 aromatic carbocycles. The van der Waals surface area contributed by atoms with Crippen LogP contribution in [0.1, 0.15) is 70.3 Å². The van der Waals surface area contributed by atoms with Crippen molar-refractivity contribution in [2.24, 2.45) is 13.0 Å². The van der Waals surface area contributed by atoms with E-state index in [0.717, 1.165) is 0 Å². The highest BCUT2D eigenvalue weighted by Crippen LogP contribution is 2.49. The van der Waals surface area contributed by atoms with Crippen molar-refractivity contribution in [3.63, 3.8) is 0 Å². The van der Waals surface area contributed by atoms with Gasteiger partial charge in [0.2, 0.25) is 0 Å². The first-order valence-electron chi connectivity index (χ1n) is 14.3. The monoisotopic (exact) mass is 616 g/mol. The van der Waals surface area contributed by atoms with Crippen molar-refractivity contribution >= 4 is 17.5 Å². The molecule has 6 rings (SSSR count). The zero-order valence-corrected chi connectivity index (χ0v) is 24.9. The van der Waals surface area contributed by atoms with E-state index in [4.69, 9.17) is 16.3 Å². The van der Waals surface area contributed by atoms with Gasteiger partial charge < -0.3 is 19.5 Å². The number of nitriles is 1. The molecule has 44 heavy (non-hydrogen) atoms. The summed E-state index contributed by atoms with van der Waals surface area (Å²) in [6.07, 6.45) is 6.67. The molecule has 2 atom stereocenters. The molecule has 1 aliphatic carbocycles. The molecule has 0 saturated heterocycles. The zero-order valence-electron chi connectivity index (χ0n) is 24.1. The van der Waals surface area contributed by atoms with Crippen LogP contribution in [0.4, 0.5) is 4.39 Å². The lowest BCUT2D eigenvalue weighted by atomic mass is 9.82. The van der Waals surface area contributed by atoms with Crippen LogP contribution in [0.15, 0.2) is 61.3 Å². The van der Waals surface area contributed by atoms with Crippen LogP contribution in [0.3, 0.4) is 0 Å². The minimum atomic E-state index is -1.76. The quantitative estimate of drug-likeness (QED) is 0.286. The largest absolute Gasteiger partial charge is 0.393 e. The Hall–Kier alpha value is -4.21. The molecule has 1 saturated carbocycles. The maximum atomic E-state index is 16.7. The van der Waals surface area contributed by atoms with Crippen LogP contribution in [0.25, 0.3) is 0 Å². The summed E-state index contributed by atoms with van der Waals surface area (Å²) in [7, 11) is 1.77. The SMILES string of the molecule is CCC(O)(c1cc(F)c2c(c1)C(=O)N(Cc1ncc(C#N)cn1)[C@@]2(OCC1CC(O)C1)c1ccc(Cl)cc1)c1cn(C)cn1. The van der Waals surface area contributed by atoms with Gasteiger partial charge in [-0.15, -0.1) is 0 Å². The molecule has 0 radical (unpaired) electrons. The van der Waals surface area contributed by atoms with Crippen LogP contribution in [0, 0.1) is 23.1 Å². The molecular formula is C32H30ClFN6O4. The number of amides is 1. The van der Waals surface area contributed by atoms with Crippen molar-refractivity contribution in [1.82, 2.24) is 24.4 Å². The zero-order chi connectivity index (χ0) is 31.2. The summed E-state index contributed by atoms with van der Waals surface area (Å²) >= 11 is 6.24. The van der Waals surface area contributed by atoms with Crippen molar-refractivity contribution in [2.45, 2.75) is 50.2 Å². The van der Waals surface area contributed by atoms with Gasteiger partial charge in [0.15, 0.2) is 5.72 Å². The van der Waals surface area contributed by atoms with E-state index in [1.165, 1.54) is 29.4 Å². The van der Waals surface area contributed by atoms with Gasteiger partial charge in [-0.3, -0.25) is 9.69 Å². The molecule has 2 aliphatic rings. The second-order valence-electron chi connectivity index (χ2n) is 11.4. The number of aliphatic hydroxyl groups excluding tert-OH is 1. The van der Waals surface area contributed by atoms with Crippen LogP contribution in [0.2, 0.25) is 5.02 Å². The van der Waals surface area contributed by atoms with Crippen molar-refractivity contribution in [3.05, 3.63) is 111 Å². The van der Waals surface area contributed by atoms with Gasteiger partial charge in [-0.1, -0.05) is 30.7 Å². The number of carbonyl (C=O) groups excluding carboxylic acids is 1. The molecule has 0 spiro atoms. The highest BCUT2D eigenvalue weighted by atomic mass is 35.5. The van der Waals surface area contributed by atoms with Crippen molar-refractivity contribution in [1.29, 1.82) is 5.26 Å². The Labute approximate surface area is 258 Å². The van der Waals surface area contributed by atoms with Crippen molar-refractivity contribution < 1.29 is 24.1 Å². The molecule has 10 nitrogen and oxygen atoms in total. The van der Waals surface area contributed by atoms with Gasteiger partial charge in [0, 0.05) is 36.2 Å². The van der Waals surface area contributed by atoms with E-state index in [-0.39, 0.29) is 53.6 Å². The second-order valence-corrected chi connectivity index (χ2v) is 11.8. The molecule has 4 aromatic rings. The minimum Gasteiger partial charge on any atom is -0.393 e. The number of aliphatic hydroxyl groups is 2. The van der Waals surface area contributed by atoms with Crippen molar-refractivity contribution in [2.75, 3.05) is 6.61 Å². The first-order valence-corrected chi connectivity index (χ1v) is 14.6. The standard InChI is InChI=1S/C32H30ClFN6O4/c1-3-31(43,27-15-39(2)18-38-27)22-10-25-29(26(34)11-22)32(21-4-6-23(33)7-5-21,44-17-19-8-24(41)9-19)40(30(25)42)16-28-36-13-20(12-35)14-37-28/h4-7,10-11,13-15,18-19,24,41,43H,3,8-9,16-17H2,1-2H3/t19?,24?,31?,32-/m1/s1. The Kier molecular flexibility index (Phi) is 7.71. The van der Waals surface area contributed by atoms with E-state index in [0.29, 0.717) is 29.1 Å². The third kappa shape index (κ3) is 4.94. The molecule has 1 aliphatic heterocycles. The second kappa shape index (κ2) is 11.4. The number of aromatic nitrogens is 4. The lowest BCUT2D eigenvalue weighted by Gasteiger charge is -2.42. The van der Waals surface area contributed by atoms with E-state index in [2.05, 4.69) is 15.0 Å². The smallest absolute Gasteiger partial charge is 0.257 e. The van der Waals surface area contributed by atoms with Gasteiger partial charge in [-0.25, -0.2) is 19.3 Å². The van der Waals surface area contributed by atoms with Gasteiger partial charge in [0.1, 0.15) is 23.3 Å². The summed E-state index contributed by atoms with van der Waals surface area (Å²) in [5.74, 6) is -1.10. The molecule has 1 fully saturated rings. The normalized spacial score (nSPS) is 22.3. The average molecular weight is 617 g/mol. The van der Waals surface area contributed by atoms with Crippen molar-refractivity contribution in [3.8, 4) is 6.07 Å². The first kappa shape index (κ1) is 29.8. The molecule has 12 heteroatoms. The summed E-state index contributed by atoms with van der Waals surface area (Å²) in [5, 5.41) is 31.4. The molecule has 226 valence electrons. The van der Waals surface area contributed by atoms with E-state index < -0.39 is 29.2 Å². The number of imidazole rings is 1. The van der Waals surface area contributed by atoms with Crippen LogP contribution in [-0.4, -0.2) is 53.3 Å². The van der Waals surface area contributed by atoms with E-state index in [9.17, 15) is 20.3 Å². The van der Waals surface area contributed by atoms with Crippen LogP contribution in [0.5, 0.6) is 0 Å². The first-order chi connectivity index (χ1) is 21.1. The highest BCUT2D eigenvalue weighted by Gasteiger charge is 2.55. The number of nitrogens with zero attached hydrogens (tertiary/aromatic N) is 6. The lowest BCUT2D eigenvalue weighted by Crippen LogP contribution is -2.48. The number of aryl methyl sites for hydroxylation is 1. The Morgan fingerprint density at radius 1 is 1.20 bits per heavy atom. The number of halogens is 2. The highest BCUT2D eigenvalue weighted by molar-refractivity contribution is 6.30. The molecule has 1 amide bonds.